The van der Waals surface area contributed by atoms with Gasteiger partial charge in [-0.25, -0.2) is 4.79 Å². The lowest BCUT2D eigenvalue weighted by atomic mass is 9.70. The number of Topliss-reactive ketones (excluding diaryl/α,β-unsaturated/α-hetero) is 1. The van der Waals surface area contributed by atoms with E-state index in [1.165, 1.54) is 0 Å². The molecular formula is C22H27NO5. The van der Waals surface area contributed by atoms with Crippen molar-refractivity contribution >= 4 is 11.8 Å². The van der Waals surface area contributed by atoms with Crippen LogP contribution in [0.3, 0.4) is 0 Å². The van der Waals surface area contributed by atoms with Crippen molar-refractivity contribution in [1.82, 2.24) is 0 Å². The lowest BCUT2D eigenvalue weighted by Crippen LogP contribution is -2.35. The largest absolute Gasteiger partial charge is 0.494 e. The maximum atomic E-state index is 13.1. The third-order valence-electron chi connectivity index (χ3n) is 4.98. The van der Waals surface area contributed by atoms with Crippen LogP contribution in [-0.2, 0) is 19.1 Å². The first-order valence-electron chi connectivity index (χ1n) is 9.61. The summed E-state index contributed by atoms with van der Waals surface area (Å²) in [5, 5.41) is 0. The molecule has 0 bridgehead atoms. The van der Waals surface area contributed by atoms with Crippen molar-refractivity contribution in [2.45, 2.75) is 46.5 Å². The fourth-order valence-corrected chi connectivity index (χ4v) is 3.91. The zero-order valence-electron chi connectivity index (χ0n) is 16.8. The molecule has 150 valence electrons. The average Bonchev–Trinajstić information content (AvgIpc) is 2.60. The first-order chi connectivity index (χ1) is 13.3. The van der Waals surface area contributed by atoms with Crippen molar-refractivity contribution in [3.63, 3.8) is 0 Å². The van der Waals surface area contributed by atoms with Gasteiger partial charge in [-0.2, -0.15) is 0 Å². The van der Waals surface area contributed by atoms with E-state index in [1.54, 1.807) is 6.92 Å². The number of esters is 1. The Morgan fingerprint density at radius 3 is 2.61 bits per heavy atom. The van der Waals surface area contributed by atoms with Crippen LogP contribution in [0.15, 0.2) is 47.1 Å². The fourth-order valence-electron chi connectivity index (χ4n) is 3.91. The van der Waals surface area contributed by atoms with Crippen LogP contribution in [0.4, 0.5) is 0 Å². The quantitative estimate of drug-likeness (QED) is 0.780. The predicted octanol–water partition coefficient (Wildman–Crippen LogP) is 3.58. The first-order valence-corrected chi connectivity index (χ1v) is 9.61. The number of rotatable bonds is 5. The Hall–Kier alpha value is -2.76. The molecule has 0 saturated heterocycles. The number of carbonyl (C=O) groups is 2. The standard InChI is InChI=1S/C22H27NO5/c1-5-26-15-10-8-7-9-13(15)17-18-14(24)11-22(3,4)12-16(18)28-20(23)19(17)21(25)27-6-2/h7-10,17H,5-6,11-12,23H2,1-4H3/t17-/m1/s1. The van der Waals surface area contributed by atoms with Crippen molar-refractivity contribution in [1.29, 1.82) is 0 Å². The van der Waals surface area contributed by atoms with E-state index in [-0.39, 0.29) is 29.3 Å². The summed E-state index contributed by atoms with van der Waals surface area (Å²) in [5.74, 6) is -0.176. The maximum absolute atomic E-state index is 13.1. The number of allylic oxidation sites excluding steroid dienone is 2. The summed E-state index contributed by atoms with van der Waals surface area (Å²) in [7, 11) is 0. The summed E-state index contributed by atoms with van der Waals surface area (Å²) >= 11 is 0. The number of nitrogens with two attached hydrogens (primary N) is 1. The zero-order valence-corrected chi connectivity index (χ0v) is 16.8. The molecule has 1 aromatic rings. The molecule has 2 N–H and O–H groups in total. The van der Waals surface area contributed by atoms with Gasteiger partial charge in [0.05, 0.1) is 19.1 Å². The summed E-state index contributed by atoms with van der Waals surface area (Å²) in [4.78, 5) is 25.9. The Bertz CT molecular complexity index is 865. The lowest BCUT2D eigenvalue weighted by molar-refractivity contribution is -0.139. The van der Waals surface area contributed by atoms with Gasteiger partial charge in [0, 0.05) is 24.0 Å². The number of benzene rings is 1. The van der Waals surface area contributed by atoms with E-state index in [2.05, 4.69) is 0 Å². The smallest absolute Gasteiger partial charge is 0.340 e. The minimum absolute atomic E-state index is 0.0148. The monoisotopic (exact) mass is 385 g/mol. The molecule has 0 aromatic heterocycles. The Labute approximate surface area is 165 Å². The zero-order chi connectivity index (χ0) is 20.5. The van der Waals surface area contributed by atoms with Gasteiger partial charge in [-0.1, -0.05) is 32.0 Å². The number of ketones is 1. The molecule has 3 rings (SSSR count). The van der Waals surface area contributed by atoms with E-state index in [0.717, 1.165) is 0 Å². The van der Waals surface area contributed by atoms with Crippen LogP contribution in [-0.4, -0.2) is 25.0 Å². The van der Waals surface area contributed by atoms with Crippen molar-refractivity contribution in [3.8, 4) is 5.75 Å². The van der Waals surface area contributed by atoms with Crippen molar-refractivity contribution in [2.24, 2.45) is 11.1 Å². The van der Waals surface area contributed by atoms with Gasteiger partial charge in [0.15, 0.2) is 5.78 Å². The van der Waals surface area contributed by atoms with Gasteiger partial charge in [0.25, 0.3) is 0 Å². The minimum atomic E-state index is -0.672. The van der Waals surface area contributed by atoms with E-state index in [1.807, 2.05) is 45.0 Å². The minimum Gasteiger partial charge on any atom is -0.494 e. The van der Waals surface area contributed by atoms with E-state index in [4.69, 9.17) is 19.9 Å². The van der Waals surface area contributed by atoms with Crippen LogP contribution >= 0.6 is 0 Å². The van der Waals surface area contributed by atoms with Crippen LogP contribution in [0.2, 0.25) is 0 Å². The van der Waals surface area contributed by atoms with Crippen molar-refractivity contribution < 1.29 is 23.8 Å². The average molecular weight is 385 g/mol. The summed E-state index contributed by atoms with van der Waals surface area (Å²) in [5.41, 5.74) is 7.28. The molecule has 1 heterocycles. The highest BCUT2D eigenvalue weighted by Gasteiger charge is 2.45. The Kier molecular flexibility index (Phi) is 5.49. The molecule has 0 saturated carbocycles. The normalized spacial score (nSPS) is 21.1. The number of carbonyl (C=O) groups excluding carboxylic acids is 2. The second kappa shape index (κ2) is 7.70. The lowest BCUT2D eigenvalue weighted by Gasteiger charge is -2.38. The van der Waals surface area contributed by atoms with Gasteiger partial charge in [0.2, 0.25) is 5.88 Å². The van der Waals surface area contributed by atoms with E-state index < -0.39 is 11.9 Å². The highest BCUT2D eigenvalue weighted by molar-refractivity contribution is 6.03. The molecule has 1 aromatic carbocycles. The SMILES string of the molecule is CCOC(=O)C1=C(N)OC2=C(C(=O)CC(C)(C)C2)[C@H]1c1ccccc1OCC. The molecule has 6 heteroatoms. The highest BCUT2D eigenvalue weighted by atomic mass is 16.5. The van der Waals surface area contributed by atoms with Crippen LogP contribution in [0.25, 0.3) is 0 Å². The van der Waals surface area contributed by atoms with Crippen LogP contribution in [0.1, 0.15) is 52.0 Å². The van der Waals surface area contributed by atoms with Crippen molar-refractivity contribution in [3.05, 3.63) is 52.6 Å². The third kappa shape index (κ3) is 3.63. The third-order valence-corrected chi connectivity index (χ3v) is 4.98. The van der Waals surface area contributed by atoms with Crippen LogP contribution in [0, 0.1) is 5.41 Å². The highest BCUT2D eigenvalue weighted by Crippen LogP contribution is 2.49. The molecule has 28 heavy (non-hydrogen) atoms. The molecule has 0 radical (unpaired) electrons. The first kappa shape index (κ1) is 20.0. The Morgan fingerprint density at radius 1 is 1.21 bits per heavy atom. The van der Waals surface area contributed by atoms with E-state index in [0.29, 0.717) is 42.1 Å². The summed E-state index contributed by atoms with van der Waals surface area (Å²) in [6, 6.07) is 7.38. The summed E-state index contributed by atoms with van der Waals surface area (Å²) in [6.07, 6.45) is 0.941. The van der Waals surface area contributed by atoms with Gasteiger partial charge in [-0.3, -0.25) is 4.79 Å². The molecule has 2 aliphatic rings. The molecule has 0 spiro atoms. The number of hydrogen-bond acceptors (Lipinski definition) is 6. The van der Waals surface area contributed by atoms with Crippen molar-refractivity contribution in [2.75, 3.05) is 13.2 Å². The van der Waals surface area contributed by atoms with E-state index in [9.17, 15) is 9.59 Å². The Morgan fingerprint density at radius 2 is 1.93 bits per heavy atom. The molecule has 0 fully saturated rings. The van der Waals surface area contributed by atoms with Gasteiger partial charge in [0.1, 0.15) is 17.1 Å². The molecular weight excluding hydrogens is 358 g/mol. The van der Waals surface area contributed by atoms with Gasteiger partial charge >= 0.3 is 5.97 Å². The molecule has 0 unspecified atom stereocenters. The van der Waals surface area contributed by atoms with Crippen LogP contribution in [0.5, 0.6) is 5.75 Å². The molecule has 1 atom stereocenters. The van der Waals surface area contributed by atoms with Gasteiger partial charge < -0.3 is 19.9 Å². The Balaban J connectivity index is 2.21. The molecule has 1 aliphatic carbocycles. The van der Waals surface area contributed by atoms with Crippen LogP contribution < -0.4 is 10.5 Å². The van der Waals surface area contributed by atoms with E-state index >= 15 is 0 Å². The summed E-state index contributed by atoms with van der Waals surface area (Å²) < 4.78 is 16.8. The topological polar surface area (TPSA) is 87.9 Å². The molecule has 0 amide bonds. The number of para-hydroxylation sites is 1. The maximum Gasteiger partial charge on any atom is 0.340 e. The van der Waals surface area contributed by atoms with Gasteiger partial charge in [-0.05, 0) is 25.3 Å². The number of ether oxygens (including phenoxy) is 3. The summed E-state index contributed by atoms with van der Waals surface area (Å²) in [6.45, 7) is 8.30. The second-order valence-electron chi connectivity index (χ2n) is 7.78. The fraction of sp³-hybridized carbons (Fsp3) is 0.455. The van der Waals surface area contributed by atoms with Gasteiger partial charge in [-0.15, -0.1) is 0 Å². The molecule has 1 aliphatic heterocycles. The number of hydrogen-bond donors (Lipinski definition) is 1. The molecule has 6 nitrogen and oxygen atoms in total. The predicted molar refractivity (Wildman–Crippen MR) is 104 cm³/mol. The second-order valence-corrected chi connectivity index (χ2v) is 7.78.